The number of hydrogen-bond acceptors (Lipinski definition) is 2. The minimum atomic E-state index is -0.218. The number of hydrogen-bond donors (Lipinski definition) is 2. The topological polar surface area (TPSA) is 54.7 Å². The van der Waals surface area contributed by atoms with Crippen LogP contribution < -0.4 is 5.73 Å². The summed E-state index contributed by atoms with van der Waals surface area (Å²) in [5, 5.41) is 8.00. The fourth-order valence-corrected chi connectivity index (χ4v) is 2.01. The van der Waals surface area contributed by atoms with Gasteiger partial charge in [0, 0.05) is 16.6 Å². The normalized spacial score (nSPS) is 17.9. The van der Waals surface area contributed by atoms with E-state index in [1.807, 2.05) is 0 Å². The standard InChI is InChI=1S/C12H14FN3/c13-8-1-2-10-9(7-8)11(16-15-10)3-4-12(14)5-6-12/h1-2,7H,3-6,14H2,(H,15,16). The zero-order valence-electron chi connectivity index (χ0n) is 8.96. The van der Waals surface area contributed by atoms with Crippen LogP contribution in [0.2, 0.25) is 0 Å². The lowest BCUT2D eigenvalue weighted by Crippen LogP contribution is -2.22. The summed E-state index contributed by atoms with van der Waals surface area (Å²) in [6.07, 6.45) is 4.00. The first-order valence-corrected chi connectivity index (χ1v) is 5.58. The van der Waals surface area contributed by atoms with Crippen LogP contribution in [-0.2, 0) is 6.42 Å². The van der Waals surface area contributed by atoms with Gasteiger partial charge in [-0.05, 0) is 43.9 Å². The van der Waals surface area contributed by atoms with Crippen molar-refractivity contribution in [2.45, 2.75) is 31.2 Å². The molecule has 2 aromatic rings. The highest BCUT2D eigenvalue weighted by Crippen LogP contribution is 2.36. The van der Waals surface area contributed by atoms with Gasteiger partial charge in [0.05, 0.1) is 5.52 Å². The Hall–Kier alpha value is -1.42. The van der Waals surface area contributed by atoms with Crippen LogP contribution in [0.5, 0.6) is 0 Å². The molecule has 1 aliphatic rings. The molecular formula is C12H14FN3. The smallest absolute Gasteiger partial charge is 0.124 e. The van der Waals surface area contributed by atoms with Crippen molar-refractivity contribution in [2.75, 3.05) is 0 Å². The van der Waals surface area contributed by atoms with E-state index < -0.39 is 0 Å². The maximum Gasteiger partial charge on any atom is 0.124 e. The molecule has 1 aromatic carbocycles. The molecular weight excluding hydrogens is 205 g/mol. The van der Waals surface area contributed by atoms with Gasteiger partial charge in [-0.2, -0.15) is 5.10 Å². The first-order valence-electron chi connectivity index (χ1n) is 5.58. The fraction of sp³-hybridized carbons (Fsp3) is 0.417. The third-order valence-corrected chi connectivity index (χ3v) is 3.36. The lowest BCUT2D eigenvalue weighted by atomic mass is 10.1. The summed E-state index contributed by atoms with van der Waals surface area (Å²) < 4.78 is 13.1. The molecule has 4 heteroatoms. The molecule has 0 spiro atoms. The van der Waals surface area contributed by atoms with Crippen molar-refractivity contribution < 1.29 is 4.39 Å². The van der Waals surface area contributed by atoms with Crippen molar-refractivity contribution in [3.63, 3.8) is 0 Å². The molecule has 16 heavy (non-hydrogen) atoms. The summed E-state index contributed by atoms with van der Waals surface area (Å²) in [5.74, 6) is -0.218. The van der Waals surface area contributed by atoms with Crippen LogP contribution in [0.1, 0.15) is 25.0 Å². The Balaban J connectivity index is 1.88. The van der Waals surface area contributed by atoms with Crippen LogP contribution in [0.25, 0.3) is 10.9 Å². The highest BCUT2D eigenvalue weighted by molar-refractivity contribution is 5.81. The molecule has 1 fully saturated rings. The molecule has 3 nitrogen and oxygen atoms in total. The van der Waals surface area contributed by atoms with Gasteiger partial charge in [0.1, 0.15) is 5.82 Å². The first kappa shape index (κ1) is 9.78. The SMILES string of the molecule is NC1(CCc2[nH]nc3ccc(F)cc23)CC1. The second kappa shape index (κ2) is 3.28. The van der Waals surface area contributed by atoms with Crippen molar-refractivity contribution in [3.05, 3.63) is 29.7 Å². The van der Waals surface area contributed by atoms with Gasteiger partial charge in [-0.3, -0.25) is 5.10 Å². The summed E-state index contributed by atoms with van der Waals surface area (Å²) in [6.45, 7) is 0. The Kier molecular flexibility index (Phi) is 2.01. The van der Waals surface area contributed by atoms with E-state index in [-0.39, 0.29) is 11.4 Å². The molecule has 0 radical (unpaired) electrons. The first-order chi connectivity index (χ1) is 7.66. The second-order valence-corrected chi connectivity index (χ2v) is 4.73. The van der Waals surface area contributed by atoms with Crippen LogP contribution in [0, 0.1) is 5.82 Å². The minimum Gasteiger partial charge on any atom is -0.325 e. The molecule has 3 rings (SSSR count). The average molecular weight is 219 g/mol. The number of aromatic amines is 1. The number of nitrogens with two attached hydrogens (primary N) is 1. The lowest BCUT2D eigenvalue weighted by Gasteiger charge is -2.06. The number of aromatic nitrogens is 2. The zero-order chi connectivity index (χ0) is 11.2. The lowest BCUT2D eigenvalue weighted by molar-refractivity contribution is 0.603. The number of H-pyrrole nitrogens is 1. The summed E-state index contributed by atoms with van der Waals surface area (Å²) in [5.41, 5.74) is 7.87. The number of rotatable bonds is 3. The molecule has 1 heterocycles. The Morgan fingerprint density at radius 3 is 3.00 bits per heavy atom. The van der Waals surface area contributed by atoms with Gasteiger partial charge in [-0.1, -0.05) is 0 Å². The fourth-order valence-electron chi connectivity index (χ4n) is 2.01. The zero-order valence-corrected chi connectivity index (χ0v) is 8.96. The van der Waals surface area contributed by atoms with Crippen molar-refractivity contribution in [2.24, 2.45) is 5.73 Å². The number of aryl methyl sites for hydroxylation is 1. The summed E-state index contributed by atoms with van der Waals surface area (Å²) in [7, 11) is 0. The Bertz CT molecular complexity index is 528. The number of nitrogens with zero attached hydrogens (tertiary/aromatic N) is 1. The van der Waals surface area contributed by atoms with Gasteiger partial charge in [0.2, 0.25) is 0 Å². The largest absolute Gasteiger partial charge is 0.325 e. The van der Waals surface area contributed by atoms with E-state index >= 15 is 0 Å². The summed E-state index contributed by atoms with van der Waals surface area (Å²) in [6, 6.07) is 4.66. The molecule has 1 aliphatic carbocycles. The van der Waals surface area contributed by atoms with Gasteiger partial charge in [0.15, 0.2) is 0 Å². The molecule has 1 saturated carbocycles. The van der Waals surface area contributed by atoms with E-state index in [0.29, 0.717) is 0 Å². The van der Waals surface area contributed by atoms with Crippen LogP contribution in [-0.4, -0.2) is 15.7 Å². The van der Waals surface area contributed by atoms with Crippen molar-refractivity contribution >= 4 is 10.9 Å². The number of halogens is 1. The molecule has 0 amide bonds. The van der Waals surface area contributed by atoms with E-state index in [1.54, 1.807) is 6.07 Å². The van der Waals surface area contributed by atoms with E-state index in [4.69, 9.17) is 5.73 Å². The van der Waals surface area contributed by atoms with Gasteiger partial charge >= 0.3 is 0 Å². The van der Waals surface area contributed by atoms with Crippen LogP contribution in [0.15, 0.2) is 18.2 Å². The molecule has 0 bridgehead atoms. The van der Waals surface area contributed by atoms with Crippen LogP contribution in [0.3, 0.4) is 0 Å². The second-order valence-electron chi connectivity index (χ2n) is 4.73. The van der Waals surface area contributed by atoms with E-state index in [2.05, 4.69) is 10.2 Å². The number of nitrogens with one attached hydrogen (secondary N) is 1. The molecule has 3 N–H and O–H groups in total. The molecule has 1 aromatic heterocycles. The molecule has 0 unspecified atom stereocenters. The van der Waals surface area contributed by atoms with Gasteiger partial charge in [-0.15, -0.1) is 0 Å². The van der Waals surface area contributed by atoms with E-state index in [9.17, 15) is 4.39 Å². The molecule has 84 valence electrons. The predicted molar refractivity (Wildman–Crippen MR) is 60.5 cm³/mol. The van der Waals surface area contributed by atoms with Crippen molar-refractivity contribution in [1.82, 2.24) is 10.2 Å². The number of benzene rings is 1. The van der Waals surface area contributed by atoms with Gasteiger partial charge in [-0.25, -0.2) is 4.39 Å². The van der Waals surface area contributed by atoms with Crippen LogP contribution >= 0.6 is 0 Å². The third-order valence-electron chi connectivity index (χ3n) is 3.36. The van der Waals surface area contributed by atoms with E-state index in [0.717, 1.165) is 42.3 Å². The van der Waals surface area contributed by atoms with Gasteiger partial charge < -0.3 is 5.73 Å². The van der Waals surface area contributed by atoms with Crippen molar-refractivity contribution in [3.8, 4) is 0 Å². The number of fused-ring (bicyclic) bond motifs is 1. The molecule has 0 atom stereocenters. The van der Waals surface area contributed by atoms with Crippen molar-refractivity contribution in [1.29, 1.82) is 0 Å². The molecule has 0 saturated heterocycles. The Labute approximate surface area is 92.8 Å². The Morgan fingerprint density at radius 1 is 1.44 bits per heavy atom. The van der Waals surface area contributed by atoms with E-state index in [1.165, 1.54) is 12.1 Å². The maximum atomic E-state index is 13.1. The third kappa shape index (κ3) is 1.69. The monoisotopic (exact) mass is 219 g/mol. The Morgan fingerprint density at radius 2 is 2.25 bits per heavy atom. The summed E-state index contributed by atoms with van der Waals surface area (Å²) >= 11 is 0. The van der Waals surface area contributed by atoms with Gasteiger partial charge in [0.25, 0.3) is 0 Å². The highest BCUT2D eigenvalue weighted by atomic mass is 19.1. The quantitative estimate of drug-likeness (QED) is 0.830. The van der Waals surface area contributed by atoms with Crippen LogP contribution in [0.4, 0.5) is 4.39 Å². The highest BCUT2D eigenvalue weighted by Gasteiger charge is 2.37. The maximum absolute atomic E-state index is 13.1. The predicted octanol–water partition coefficient (Wildman–Crippen LogP) is 2.13. The molecule has 0 aliphatic heterocycles. The average Bonchev–Trinajstić information content (AvgIpc) is 2.87. The minimum absolute atomic E-state index is 0.0325. The summed E-state index contributed by atoms with van der Waals surface area (Å²) in [4.78, 5) is 0.